The molecule has 1 aromatic rings. The molecule has 0 aromatic carbocycles. The van der Waals surface area contributed by atoms with Gasteiger partial charge in [0.05, 0.1) is 5.69 Å². The van der Waals surface area contributed by atoms with Crippen LogP contribution in [0.4, 0.5) is 0 Å². The van der Waals surface area contributed by atoms with Crippen LogP contribution in [0, 0.1) is 13.8 Å². The minimum absolute atomic E-state index is 0.0688. The highest BCUT2D eigenvalue weighted by atomic mass is 16.1. The third-order valence-corrected chi connectivity index (χ3v) is 3.38. The van der Waals surface area contributed by atoms with Gasteiger partial charge in [-0.2, -0.15) is 5.10 Å². The van der Waals surface area contributed by atoms with Crippen LogP contribution in [0.1, 0.15) is 37.6 Å². The number of hydrogen-bond acceptors (Lipinski definition) is 3. The van der Waals surface area contributed by atoms with Crippen LogP contribution in [0.5, 0.6) is 0 Å². The number of nitrogens with zero attached hydrogens (tertiary/aromatic N) is 3. The maximum Gasteiger partial charge on any atom is 0.221 e. The van der Waals surface area contributed by atoms with Crippen molar-refractivity contribution < 1.29 is 4.79 Å². The molecule has 0 bridgehead atoms. The van der Waals surface area contributed by atoms with E-state index in [0.717, 1.165) is 44.1 Å². The van der Waals surface area contributed by atoms with Crippen LogP contribution in [0.3, 0.4) is 0 Å². The minimum atomic E-state index is 0.0688. The summed E-state index contributed by atoms with van der Waals surface area (Å²) in [6.07, 6.45) is 2.36. The van der Waals surface area contributed by atoms with Gasteiger partial charge in [-0.15, -0.1) is 0 Å². The molecule has 0 aliphatic heterocycles. The summed E-state index contributed by atoms with van der Waals surface area (Å²) in [7, 11) is 1.73. The molecular formula is C16H30N6O. The number of carbonyl (C=O) groups excluding carboxylic acids is 1. The van der Waals surface area contributed by atoms with Crippen LogP contribution in [0.2, 0.25) is 0 Å². The van der Waals surface area contributed by atoms with Gasteiger partial charge in [0.2, 0.25) is 5.91 Å². The Balaban J connectivity index is 2.16. The highest BCUT2D eigenvalue weighted by Crippen LogP contribution is 2.02. The number of hydrogen-bond donors (Lipinski definition) is 3. The molecule has 0 spiro atoms. The van der Waals surface area contributed by atoms with E-state index in [4.69, 9.17) is 0 Å². The number of aromatic nitrogens is 2. The van der Waals surface area contributed by atoms with Crippen LogP contribution in [0.15, 0.2) is 11.1 Å². The third-order valence-electron chi connectivity index (χ3n) is 3.38. The predicted molar refractivity (Wildman–Crippen MR) is 93.6 cm³/mol. The Morgan fingerprint density at radius 1 is 1.22 bits per heavy atom. The Morgan fingerprint density at radius 2 is 1.96 bits per heavy atom. The first-order valence-electron chi connectivity index (χ1n) is 8.29. The van der Waals surface area contributed by atoms with E-state index in [1.165, 1.54) is 5.69 Å². The van der Waals surface area contributed by atoms with Crippen molar-refractivity contribution in [1.29, 1.82) is 0 Å². The molecule has 7 nitrogen and oxygen atoms in total. The summed E-state index contributed by atoms with van der Waals surface area (Å²) in [6.45, 7) is 9.10. The van der Waals surface area contributed by atoms with E-state index in [1.807, 2.05) is 18.5 Å². The summed E-state index contributed by atoms with van der Waals surface area (Å²) in [4.78, 5) is 15.7. The van der Waals surface area contributed by atoms with Crippen molar-refractivity contribution in [3.8, 4) is 0 Å². The largest absolute Gasteiger partial charge is 0.356 e. The van der Waals surface area contributed by atoms with Gasteiger partial charge < -0.3 is 16.0 Å². The maximum absolute atomic E-state index is 11.5. The highest BCUT2D eigenvalue weighted by molar-refractivity contribution is 5.81. The molecule has 1 rings (SSSR count). The van der Waals surface area contributed by atoms with E-state index >= 15 is 0 Å². The number of nitrogens with one attached hydrogen (secondary N) is 3. The van der Waals surface area contributed by atoms with Gasteiger partial charge in [-0.1, -0.05) is 6.92 Å². The van der Waals surface area contributed by atoms with E-state index < -0.39 is 0 Å². The molecule has 0 atom stereocenters. The van der Waals surface area contributed by atoms with Crippen molar-refractivity contribution in [2.24, 2.45) is 4.99 Å². The van der Waals surface area contributed by atoms with Crippen molar-refractivity contribution in [3.63, 3.8) is 0 Å². The Morgan fingerprint density at radius 3 is 2.57 bits per heavy atom. The van der Waals surface area contributed by atoms with Crippen LogP contribution in [0.25, 0.3) is 0 Å². The molecule has 0 saturated heterocycles. The SMILES string of the molecule is CCCNC(=O)CCNC(=NC)NCCCn1nc(C)cc1C. The van der Waals surface area contributed by atoms with E-state index in [0.29, 0.717) is 13.0 Å². The Kier molecular flexibility index (Phi) is 8.79. The van der Waals surface area contributed by atoms with Crippen molar-refractivity contribution in [2.45, 2.75) is 46.6 Å². The van der Waals surface area contributed by atoms with Crippen LogP contribution >= 0.6 is 0 Å². The number of aryl methyl sites for hydroxylation is 3. The van der Waals surface area contributed by atoms with Gasteiger partial charge in [0, 0.05) is 45.3 Å². The molecule has 1 heterocycles. The van der Waals surface area contributed by atoms with Crippen molar-refractivity contribution in [2.75, 3.05) is 26.7 Å². The molecular weight excluding hydrogens is 292 g/mol. The van der Waals surface area contributed by atoms with Gasteiger partial charge in [-0.3, -0.25) is 14.5 Å². The molecule has 3 N–H and O–H groups in total. The summed E-state index contributed by atoms with van der Waals surface area (Å²) < 4.78 is 2.02. The van der Waals surface area contributed by atoms with Crippen molar-refractivity contribution in [1.82, 2.24) is 25.7 Å². The topological polar surface area (TPSA) is 83.3 Å². The van der Waals surface area contributed by atoms with Gasteiger partial charge in [0.25, 0.3) is 0 Å². The Hall–Kier alpha value is -2.05. The molecule has 23 heavy (non-hydrogen) atoms. The standard InChI is InChI=1S/C16H30N6O/c1-5-8-18-15(23)7-10-20-16(17-4)19-9-6-11-22-14(3)12-13(2)21-22/h12H,5-11H2,1-4H3,(H,18,23)(H2,17,19,20). The molecule has 0 radical (unpaired) electrons. The predicted octanol–water partition coefficient (Wildman–Crippen LogP) is 0.971. The van der Waals surface area contributed by atoms with Gasteiger partial charge >= 0.3 is 0 Å². The van der Waals surface area contributed by atoms with Gasteiger partial charge in [0.15, 0.2) is 5.96 Å². The van der Waals surface area contributed by atoms with Gasteiger partial charge in [-0.05, 0) is 32.8 Å². The Bertz CT molecular complexity index is 509. The van der Waals surface area contributed by atoms with Crippen LogP contribution in [-0.4, -0.2) is 48.3 Å². The molecule has 1 amide bonds. The van der Waals surface area contributed by atoms with Crippen molar-refractivity contribution in [3.05, 3.63) is 17.5 Å². The molecule has 7 heteroatoms. The quantitative estimate of drug-likeness (QED) is 0.359. The summed E-state index contributed by atoms with van der Waals surface area (Å²) >= 11 is 0. The van der Waals surface area contributed by atoms with E-state index in [2.05, 4.69) is 39.0 Å². The second kappa shape index (κ2) is 10.6. The average molecular weight is 322 g/mol. The second-order valence-electron chi connectivity index (χ2n) is 5.53. The molecule has 0 aliphatic rings. The van der Waals surface area contributed by atoms with Crippen LogP contribution in [-0.2, 0) is 11.3 Å². The Labute approximate surface area is 138 Å². The first-order valence-corrected chi connectivity index (χ1v) is 8.29. The number of guanidine groups is 1. The lowest BCUT2D eigenvalue weighted by molar-refractivity contribution is -0.120. The van der Waals surface area contributed by atoms with E-state index in [1.54, 1.807) is 7.05 Å². The first-order chi connectivity index (χ1) is 11.1. The fraction of sp³-hybridized carbons (Fsp3) is 0.688. The van der Waals surface area contributed by atoms with E-state index in [-0.39, 0.29) is 5.91 Å². The lowest BCUT2D eigenvalue weighted by Gasteiger charge is -2.12. The molecule has 0 aliphatic carbocycles. The fourth-order valence-corrected chi connectivity index (χ4v) is 2.20. The molecule has 0 saturated carbocycles. The van der Waals surface area contributed by atoms with Gasteiger partial charge in [-0.25, -0.2) is 0 Å². The first kappa shape index (κ1) is 19.0. The van der Waals surface area contributed by atoms with Crippen LogP contribution < -0.4 is 16.0 Å². The monoisotopic (exact) mass is 322 g/mol. The molecule has 0 unspecified atom stereocenters. The fourth-order valence-electron chi connectivity index (χ4n) is 2.20. The molecule has 1 aromatic heterocycles. The number of carbonyl (C=O) groups is 1. The van der Waals surface area contributed by atoms with Crippen molar-refractivity contribution >= 4 is 11.9 Å². The summed E-state index contributed by atoms with van der Waals surface area (Å²) in [6, 6.07) is 2.08. The molecule has 0 fully saturated rings. The maximum atomic E-state index is 11.5. The second-order valence-corrected chi connectivity index (χ2v) is 5.53. The highest BCUT2D eigenvalue weighted by Gasteiger charge is 2.03. The zero-order valence-electron chi connectivity index (χ0n) is 14.8. The lowest BCUT2D eigenvalue weighted by Crippen LogP contribution is -2.40. The summed E-state index contributed by atoms with van der Waals surface area (Å²) in [5.74, 6) is 0.793. The zero-order chi connectivity index (χ0) is 17.1. The minimum Gasteiger partial charge on any atom is -0.356 e. The number of rotatable bonds is 9. The zero-order valence-corrected chi connectivity index (χ0v) is 14.8. The third kappa shape index (κ3) is 7.67. The summed E-state index contributed by atoms with van der Waals surface area (Å²) in [5, 5.41) is 13.7. The van der Waals surface area contributed by atoms with Gasteiger partial charge in [0.1, 0.15) is 0 Å². The number of amides is 1. The van der Waals surface area contributed by atoms with E-state index in [9.17, 15) is 4.79 Å². The lowest BCUT2D eigenvalue weighted by atomic mass is 10.3. The normalized spacial score (nSPS) is 11.4. The molecule has 130 valence electrons. The number of aliphatic imine (C=N–C) groups is 1. The summed E-state index contributed by atoms with van der Waals surface area (Å²) in [5.41, 5.74) is 2.23. The average Bonchev–Trinajstić information content (AvgIpc) is 2.85. The smallest absolute Gasteiger partial charge is 0.221 e.